The smallest absolute Gasteiger partial charge is 0.143 e. The largest absolute Gasteiger partial charge is 0.495 e. The van der Waals surface area contributed by atoms with Crippen molar-refractivity contribution in [3.8, 4) is 11.5 Å². The average Bonchev–Trinajstić information content (AvgIpc) is 2.39. The summed E-state index contributed by atoms with van der Waals surface area (Å²) in [4.78, 5) is 0. The van der Waals surface area contributed by atoms with Gasteiger partial charge in [-0.2, -0.15) is 11.8 Å². The van der Waals surface area contributed by atoms with E-state index in [-0.39, 0.29) is 0 Å². The van der Waals surface area contributed by atoms with Gasteiger partial charge in [-0.1, -0.05) is 25.4 Å². The van der Waals surface area contributed by atoms with Gasteiger partial charge in [-0.15, -0.1) is 0 Å². The molecule has 0 radical (unpaired) electrons. The summed E-state index contributed by atoms with van der Waals surface area (Å²) in [6, 6.07) is 4.14. The minimum absolute atomic E-state index is 0.365. The number of hydrogen-bond donors (Lipinski definition) is 1. The maximum atomic E-state index is 6.13. The number of methoxy groups -OCH3 is 2. The van der Waals surface area contributed by atoms with Crippen LogP contribution in [0.5, 0.6) is 11.5 Å². The van der Waals surface area contributed by atoms with Gasteiger partial charge in [-0.05, 0) is 17.6 Å². The Hall–Kier alpha value is -0.740. The highest BCUT2D eigenvalue weighted by Crippen LogP contribution is 2.39. The molecule has 20 heavy (non-hydrogen) atoms. The Morgan fingerprint density at radius 3 is 2.55 bits per heavy atom. The van der Waals surface area contributed by atoms with Gasteiger partial charge in [0.05, 0.1) is 24.9 Å². The van der Waals surface area contributed by atoms with Crippen LogP contribution in [0.15, 0.2) is 12.1 Å². The SMILES string of the molecule is COc1cc(NC2CSCC(C)(C)C2)c(OC)cc1Cl. The molecule has 1 heterocycles. The van der Waals surface area contributed by atoms with Gasteiger partial charge in [-0.25, -0.2) is 0 Å². The van der Waals surface area contributed by atoms with Crippen LogP contribution in [-0.2, 0) is 0 Å². The summed E-state index contributed by atoms with van der Waals surface area (Å²) in [7, 11) is 3.28. The van der Waals surface area contributed by atoms with Crippen molar-refractivity contribution < 1.29 is 9.47 Å². The summed E-state index contributed by atoms with van der Waals surface area (Å²) in [5, 5.41) is 4.14. The predicted molar refractivity (Wildman–Crippen MR) is 87.7 cm³/mol. The Kier molecular flexibility index (Phi) is 4.97. The summed E-state index contributed by atoms with van der Waals surface area (Å²) < 4.78 is 10.7. The molecule has 1 aromatic carbocycles. The normalized spacial score (nSPS) is 21.4. The number of nitrogens with one attached hydrogen (secondary N) is 1. The summed E-state index contributed by atoms with van der Waals surface area (Å²) in [6.07, 6.45) is 1.15. The fraction of sp³-hybridized carbons (Fsp3) is 0.600. The second-order valence-electron chi connectivity index (χ2n) is 5.91. The van der Waals surface area contributed by atoms with Gasteiger partial charge >= 0.3 is 0 Å². The van der Waals surface area contributed by atoms with Crippen LogP contribution < -0.4 is 14.8 Å². The number of ether oxygens (including phenoxy) is 2. The van der Waals surface area contributed by atoms with Crippen LogP contribution in [0.4, 0.5) is 5.69 Å². The highest BCUT2D eigenvalue weighted by molar-refractivity contribution is 7.99. The quantitative estimate of drug-likeness (QED) is 0.897. The monoisotopic (exact) mass is 315 g/mol. The lowest BCUT2D eigenvalue weighted by atomic mass is 9.88. The lowest BCUT2D eigenvalue weighted by Crippen LogP contribution is -2.35. The van der Waals surface area contributed by atoms with E-state index in [9.17, 15) is 0 Å². The molecule has 0 bridgehead atoms. The van der Waals surface area contributed by atoms with Crippen molar-refractivity contribution in [3.63, 3.8) is 0 Å². The molecule has 1 unspecified atom stereocenters. The second-order valence-corrected chi connectivity index (χ2v) is 7.35. The number of hydrogen-bond acceptors (Lipinski definition) is 4. The highest BCUT2D eigenvalue weighted by atomic mass is 35.5. The van der Waals surface area contributed by atoms with Crippen LogP contribution in [0.1, 0.15) is 20.3 Å². The Bertz CT molecular complexity index is 479. The molecule has 5 heteroatoms. The Morgan fingerprint density at radius 1 is 1.25 bits per heavy atom. The van der Waals surface area contributed by atoms with Crippen molar-refractivity contribution in [3.05, 3.63) is 17.2 Å². The molecule has 0 aromatic heterocycles. The van der Waals surface area contributed by atoms with Crippen molar-refractivity contribution in [2.75, 3.05) is 31.0 Å². The molecule has 1 aliphatic heterocycles. The molecule has 112 valence electrons. The van der Waals surface area contributed by atoms with E-state index in [1.54, 1.807) is 20.3 Å². The van der Waals surface area contributed by atoms with Crippen LogP contribution in [0, 0.1) is 5.41 Å². The molecule has 3 nitrogen and oxygen atoms in total. The first-order valence-electron chi connectivity index (χ1n) is 6.71. The van der Waals surface area contributed by atoms with Gasteiger partial charge < -0.3 is 14.8 Å². The number of halogens is 1. The first-order valence-corrected chi connectivity index (χ1v) is 8.24. The zero-order valence-electron chi connectivity index (χ0n) is 12.5. The third-order valence-corrected chi connectivity index (χ3v) is 5.36. The van der Waals surface area contributed by atoms with Gasteiger partial charge in [0.2, 0.25) is 0 Å². The minimum Gasteiger partial charge on any atom is -0.495 e. The number of rotatable bonds is 4. The standard InChI is InChI=1S/C15H22ClNO2S/c1-15(2)7-10(8-20-9-15)17-12-6-13(18-3)11(16)5-14(12)19-4/h5-6,10,17H,7-9H2,1-4H3. The third-order valence-electron chi connectivity index (χ3n) is 3.44. The van der Waals surface area contributed by atoms with Crippen molar-refractivity contribution >= 4 is 29.1 Å². The Labute approximate surface area is 130 Å². The van der Waals surface area contributed by atoms with Gasteiger partial charge in [-0.3, -0.25) is 0 Å². The average molecular weight is 316 g/mol. The highest BCUT2D eigenvalue weighted by Gasteiger charge is 2.29. The van der Waals surface area contributed by atoms with Crippen LogP contribution in [0.2, 0.25) is 5.02 Å². The van der Waals surface area contributed by atoms with Crippen LogP contribution >= 0.6 is 23.4 Å². The molecule has 1 saturated heterocycles. The van der Waals surface area contributed by atoms with E-state index in [2.05, 4.69) is 19.2 Å². The molecule has 1 atom stereocenters. The second kappa shape index (κ2) is 6.35. The Balaban J connectivity index is 2.19. The Morgan fingerprint density at radius 2 is 1.95 bits per heavy atom. The van der Waals surface area contributed by atoms with Crippen molar-refractivity contribution in [2.45, 2.75) is 26.3 Å². The van der Waals surface area contributed by atoms with Crippen LogP contribution in [0.25, 0.3) is 0 Å². The maximum Gasteiger partial charge on any atom is 0.143 e. The van der Waals surface area contributed by atoms with E-state index >= 15 is 0 Å². The van der Waals surface area contributed by atoms with Crippen molar-refractivity contribution in [1.29, 1.82) is 0 Å². The van der Waals surface area contributed by atoms with Crippen molar-refractivity contribution in [1.82, 2.24) is 0 Å². The van der Waals surface area contributed by atoms with E-state index in [0.29, 0.717) is 22.2 Å². The van der Waals surface area contributed by atoms with Gasteiger partial charge in [0.25, 0.3) is 0 Å². The molecule has 0 amide bonds. The third kappa shape index (κ3) is 3.67. The molecule has 1 aliphatic rings. The topological polar surface area (TPSA) is 30.5 Å². The zero-order chi connectivity index (χ0) is 14.8. The number of benzene rings is 1. The molecular formula is C15H22ClNO2S. The fourth-order valence-corrected chi connectivity index (χ4v) is 4.05. The zero-order valence-corrected chi connectivity index (χ0v) is 14.0. The molecular weight excluding hydrogens is 294 g/mol. The van der Waals surface area contributed by atoms with E-state index in [0.717, 1.165) is 23.6 Å². The van der Waals surface area contributed by atoms with Crippen molar-refractivity contribution in [2.24, 2.45) is 5.41 Å². The lowest BCUT2D eigenvalue weighted by Gasteiger charge is -2.35. The van der Waals surface area contributed by atoms with E-state index in [4.69, 9.17) is 21.1 Å². The van der Waals surface area contributed by atoms with Gasteiger partial charge in [0.15, 0.2) is 0 Å². The maximum absolute atomic E-state index is 6.13. The van der Waals surface area contributed by atoms with Gasteiger partial charge in [0, 0.05) is 23.9 Å². The lowest BCUT2D eigenvalue weighted by molar-refractivity contribution is 0.356. The minimum atomic E-state index is 0.365. The molecule has 1 aromatic rings. The van der Waals surface area contributed by atoms with Crippen LogP contribution in [-0.4, -0.2) is 31.8 Å². The number of thioether (sulfide) groups is 1. The van der Waals surface area contributed by atoms with E-state index < -0.39 is 0 Å². The van der Waals surface area contributed by atoms with Crippen LogP contribution in [0.3, 0.4) is 0 Å². The number of anilines is 1. The summed E-state index contributed by atoms with van der Waals surface area (Å²) in [6.45, 7) is 4.63. The molecule has 1 N–H and O–H groups in total. The fourth-order valence-electron chi connectivity index (χ4n) is 2.55. The predicted octanol–water partition coefficient (Wildman–Crippen LogP) is 4.30. The van der Waals surface area contributed by atoms with E-state index in [1.165, 1.54) is 5.75 Å². The molecule has 0 spiro atoms. The first kappa shape index (κ1) is 15.6. The summed E-state index contributed by atoms with van der Waals surface area (Å²) in [5.74, 6) is 3.74. The molecule has 1 fully saturated rings. The van der Waals surface area contributed by atoms with Gasteiger partial charge in [0.1, 0.15) is 11.5 Å². The summed E-state index contributed by atoms with van der Waals surface area (Å²) in [5.41, 5.74) is 1.31. The molecule has 0 aliphatic carbocycles. The molecule has 0 saturated carbocycles. The first-order chi connectivity index (χ1) is 9.45. The molecule has 2 rings (SSSR count). The summed E-state index contributed by atoms with van der Waals surface area (Å²) >= 11 is 8.13. The van der Waals surface area contributed by atoms with E-state index in [1.807, 2.05) is 17.8 Å².